The number of amidine groups is 1. The van der Waals surface area contributed by atoms with Crippen molar-refractivity contribution < 1.29 is 22.7 Å². The molecule has 1 fully saturated rings. The number of hydrogen-bond acceptors (Lipinski definition) is 7. The lowest BCUT2D eigenvalue weighted by molar-refractivity contribution is -0.124. The molecule has 0 unspecified atom stereocenters. The standard InChI is InChI=1S/C31H33Cl2N7O5S/c1-19-17-39-15-3-6-25(29(39)38-19)45-18-22-23(32)11-12-26(27(22)33)46(43,44)40-16-2-5-24(40)31(42)37-14-4-13-36-30(41)21-9-7-20(8-10-21)28(34)35/h3,6-12,15,17,24H,2,4-5,13-14,16,18H2,1H3,(H3,34,35)(H,36,41)(H,37,42)/t24-/m0/s1. The molecule has 0 radical (unpaired) electrons. The van der Waals surface area contributed by atoms with Crippen molar-refractivity contribution in [3.05, 3.63) is 93.4 Å². The Balaban J connectivity index is 1.19. The minimum atomic E-state index is -4.17. The van der Waals surface area contributed by atoms with Crippen LogP contribution in [0.5, 0.6) is 5.75 Å². The van der Waals surface area contributed by atoms with E-state index in [1.807, 2.05) is 23.7 Å². The molecule has 12 nitrogen and oxygen atoms in total. The highest BCUT2D eigenvalue weighted by molar-refractivity contribution is 7.89. The molecule has 15 heteroatoms. The van der Waals surface area contributed by atoms with Crippen molar-refractivity contribution in [2.45, 2.75) is 43.7 Å². The number of rotatable bonds is 12. The molecule has 4 aromatic rings. The van der Waals surface area contributed by atoms with Crippen LogP contribution in [0.15, 0.2) is 65.8 Å². The number of hydrogen-bond donors (Lipinski definition) is 4. The van der Waals surface area contributed by atoms with Gasteiger partial charge in [0.25, 0.3) is 5.91 Å². The Morgan fingerprint density at radius 1 is 1.09 bits per heavy atom. The third kappa shape index (κ3) is 7.12. The molecule has 0 saturated carbocycles. The number of sulfonamides is 1. The van der Waals surface area contributed by atoms with Crippen molar-refractivity contribution in [2.75, 3.05) is 19.6 Å². The van der Waals surface area contributed by atoms with Gasteiger partial charge in [-0.3, -0.25) is 15.0 Å². The molecular formula is C31H33Cl2N7O5S. The number of pyridine rings is 1. The lowest BCUT2D eigenvalue weighted by Crippen LogP contribution is -2.46. The maximum absolute atomic E-state index is 13.8. The normalized spacial score (nSPS) is 15.2. The van der Waals surface area contributed by atoms with E-state index in [1.165, 1.54) is 16.4 Å². The second-order valence-corrected chi connectivity index (χ2v) is 13.4. The zero-order chi connectivity index (χ0) is 33.0. The quantitative estimate of drug-likeness (QED) is 0.0995. The number of aromatic nitrogens is 2. The molecule has 3 heterocycles. The number of nitrogens with one attached hydrogen (secondary N) is 3. The molecule has 0 bridgehead atoms. The number of benzene rings is 2. The Kier molecular flexibility index (Phi) is 10.2. The molecule has 2 aromatic heterocycles. The number of carbonyl (C=O) groups is 2. The van der Waals surface area contributed by atoms with Crippen molar-refractivity contribution >= 4 is 56.5 Å². The molecule has 1 saturated heterocycles. The molecule has 5 N–H and O–H groups in total. The third-order valence-electron chi connectivity index (χ3n) is 7.58. The highest BCUT2D eigenvalue weighted by Gasteiger charge is 2.40. The molecule has 0 spiro atoms. The minimum Gasteiger partial charge on any atom is -0.485 e. The van der Waals surface area contributed by atoms with Crippen LogP contribution in [0, 0.1) is 12.3 Å². The molecule has 2 aromatic carbocycles. The van der Waals surface area contributed by atoms with Gasteiger partial charge in [0.1, 0.15) is 23.4 Å². The summed E-state index contributed by atoms with van der Waals surface area (Å²) in [6.07, 6.45) is 4.99. The van der Waals surface area contributed by atoms with Crippen molar-refractivity contribution in [1.82, 2.24) is 24.3 Å². The fourth-order valence-corrected chi connectivity index (χ4v) is 7.74. The van der Waals surface area contributed by atoms with E-state index < -0.39 is 22.0 Å². The summed E-state index contributed by atoms with van der Waals surface area (Å²) in [6, 6.07) is 11.8. The topological polar surface area (TPSA) is 172 Å². The van der Waals surface area contributed by atoms with Crippen LogP contribution < -0.4 is 21.1 Å². The fraction of sp³-hybridized carbons (Fsp3) is 0.290. The zero-order valence-electron chi connectivity index (χ0n) is 24.9. The van der Waals surface area contributed by atoms with E-state index in [0.29, 0.717) is 53.9 Å². The molecule has 242 valence electrons. The van der Waals surface area contributed by atoms with Crippen molar-refractivity contribution in [3.8, 4) is 5.75 Å². The van der Waals surface area contributed by atoms with Crippen LogP contribution in [0.25, 0.3) is 5.65 Å². The number of fused-ring (bicyclic) bond motifs is 1. The van der Waals surface area contributed by atoms with Gasteiger partial charge in [0.05, 0.1) is 10.7 Å². The van der Waals surface area contributed by atoms with Crippen LogP contribution in [0.4, 0.5) is 0 Å². The monoisotopic (exact) mass is 685 g/mol. The number of nitrogen functional groups attached to an aromatic ring is 1. The molecule has 5 rings (SSSR count). The van der Waals surface area contributed by atoms with E-state index in [2.05, 4.69) is 15.6 Å². The first-order chi connectivity index (χ1) is 22.0. The van der Waals surface area contributed by atoms with Crippen LogP contribution >= 0.6 is 23.2 Å². The first-order valence-corrected chi connectivity index (χ1v) is 16.7. The maximum atomic E-state index is 13.8. The zero-order valence-corrected chi connectivity index (χ0v) is 27.3. The van der Waals surface area contributed by atoms with Crippen LogP contribution in [-0.4, -0.2) is 65.4 Å². The second kappa shape index (κ2) is 14.1. The Hall–Kier alpha value is -4.17. The number of halogens is 2. The minimum absolute atomic E-state index is 0.0725. The summed E-state index contributed by atoms with van der Waals surface area (Å²) in [4.78, 5) is 29.8. The van der Waals surface area contributed by atoms with Gasteiger partial charge in [-0.15, -0.1) is 0 Å². The molecule has 46 heavy (non-hydrogen) atoms. The van der Waals surface area contributed by atoms with Gasteiger partial charge in [-0.1, -0.05) is 35.3 Å². The summed E-state index contributed by atoms with van der Waals surface area (Å²) < 4.78 is 36.6. The summed E-state index contributed by atoms with van der Waals surface area (Å²) >= 11 is 13.1. The maximum Gasteiger partial charge on any atom is 0.251 e. The summed E-state index contributed by atoms with van der Waals surface area (Å²) in [5.41, 5.74) is 8.09. The SMILES string of the molecule is Cc1cn2cccc(OCc3c(Cl)ccc(S(=O)(=O)N4CCC[C@H]4C(=O)NCCCNC(=O)c4ccc(C(=N)N)cc4)c3Cl)c2n1. The highest BCUT2D eigenvalue weighted by atomic mass is 35.5. The Morgan fingerprint density at radius 2 is 1.80 bits per heavy atom. The van der Waals surface area contributed by atoms with E-state index in [4.69, 9.17) is 39.1 Å². The summed E-state index contributed by atoms with van der Waals surface area (Å²) in [5, 5.41) is 13.2. The van der Waals surface area contributed by atoms with E-state index in [0.717, 1.165) is 5.69 Å². The molecule has 0 aliphatic carbocycles. The largest absolute Gasteiger partial charge is 0.485 e. The number of nitrogens with two attached hydrogens (primary N) is 1. The predicted molar refractivity (Wildman–Crippen MR) is 175 cm³/mol. The van der Waals surface area contributed by atoms with Gasteiger partial charge < -0.3 is 25.5 Å². The Morgan fingerprint density at radius 3 is 2.54 bits per heavy atom. The van der Waals surface area contributed by atoms with E-state index in [1.54, 1.807) is 36.4 Å². The smallest absolute Gasteiger partial charge is 0.251 e. The molecule has 1 atom stereocenters. The summed E-state index contributed by atoms with van der Waals surface area (Å²) in [6.45, 7) is 2.45. The molecule has 1 aliphatic heterocycles. The molecule has 2 amide bonds. The van der Waals surface area contributed by atoms with Crippen LogP contribution in [0.1, 0.15) is 46.4 Å². The second-order valence-electron chi connectivity index (χ2n) is 10.8. The van der Waals surface area contributed by atoms with Gasteiger partial charge in [0, 0.05) is 53.7 Å². The fourth-order valence-electron chi connectivity index (χ4n) is 5.22. The first-order valence-electron chi connectivity index (χ1n) is 14.5. The summed E-state index contributed by atoms with van der Waals surface area (Å²) in [5.74, 6) is -0.329. The van der Waals surface area contributed by atoms with Crippen LogP contribution in [-0.2, 0) is 21.4 Å². The van der Waals surface area contributed by atoms with Gasteiger partial charge in [-0.2, -0.15) is 4.31 Å². The van der Waals surface area contributed by atoms with Crippen LogP contribution in [0.2, 0.25) is 10.0 Å². The summed E-state index contributed by atoms with van der Waals surface area (Å²) in [7, 11) is -4.17. The Bertz CT molecular complexity index is 1900. The van der Waals surface area contributed by atoms with Gasteiger partial charge in [-0.05, 0) is 62.6 Å². The number of carbonyl (C=O) groups excluding carboxylic acids is 2. The average Bonchev–Trinajstić information content (AvgIpc) is 3.68. The predicted octanol–water partition coefficient (Wildman–Crippen LogP) is 3.90. The number of nitrogens with zero attached hydrogens (tertiary/aromatic N) is 3. The van der Waals surface area contributed by atoms with Gasteiger partial charge in [-0.25, -0.2) is 13.4 Å². The van der Waals surface area contributed by atoms with E-state index in [-0.39, 0.29) is 46.4 Å². The third-order valence-corrected chi connectivity index (χ3v) is 10.4. The van der Waals surface area contributed by atoms with Crippen LogP contribution in [0.3, 0.4) is 0 Å². The van der Waals surface area contributed by atoms with Crippen molar-refractivity contribution in [3.63, 3.8) is 0 Å². The first kappa shape index (κ1) is 33.2. The van der Waals surface area contributed by atoms with E-state index >= 15 is 0 Å². The van der Waals surface area contributed by atoms with Gasteiger partial charge >= 0.3 is 0 Å². The molecule has 1 aliphatic rings. The van der Waals surface area contributed by atoms with Crippen molar-refractivity contribution in [2.24, 2.45) is 5.73 Å². The van der Waals surface area contributed by atoms with E-state index in [9.17, 15) is 18.0 Å². The highest BCUT2D eigenvalue weighted by Crippen LogP contribution is 2.36. The van der Waals surface area contributed by atoms with Gasteiger partial charge in [0.2, 0.25) is 15.9 Å². The van der Waals surface area contributed by atoms with Crippen molar-refractivity contribution in [1.29, 1.82) is 5.41 Å². The Labute approximate surface area is 276 Å². The van der Waals surface area contributed by atoms with Gasteiger partial charge in [0.15, 0.2) is 11.4 Å². The lowest BCUT2D eigenvalue weighted by atomic mass is 10.1. The average molecular weight is 687 g/mol. The lowest BCUT2D eigenvalue weighted by Gasteiger charge is -2.24. The molecular weight excluding hydrogens is 653 g/mol. The number of amides is 2. The number of imidazole rings is 1. The number of ether oxygens (including phenoxy) is 1. The number of aryl methyl sites for hydroxylation is 1.